The van der Waals surface area contributed by atoms with Crippen LogP contribution in [0.25, 0.3) is 0 Å². The molecule has 0 radical (unpaired) electrons. The molecule has 1 spiro atoms. The van der Waals surface area contributed by atoms with Crippen LogP contribution in [-0.4, -0.2) is 39.5 Å². The van der Waals surface area contributed by atoms with Gasteiger partial charge in [-0.05, 0) is 50.5 Å². The van der Waals surface area contributed by atoms with Crippen molar-refractivity contribution in [2.75, 3.05) is 0 Å². The Balaban J connectivity index is 1.35. The summed E-state index contributed by atoms with van der Waals surface area (Å²) in [4.78, 5) is 26.8. The lowest BCUT2D eigenvalue weighted by atomic mass is 9.76. The Morgan fingerprint density at radius 1 is 1.15 bits per heavy atom. The maximum absolute atomic E-state index is 12.5. The summed E-state index contributed by atoms with van der Waals surface area (Å²) in [7, 11) is 0. The quantitative estimate of drug-likeness (QED) is 0.870. The number of aliphatic hydroxyl groups excluding tert-OH is 1. The van der Waals surface area contributed by atoms with E-state index in [2.05, 4.69) is 22.3 Å². The number of hydrogen-bond donors (Lipinski definition) is 2. The first-order valence-electron chi connectivity index (χ1n) is 9.89. The van der Waals surface area contributed by atoms with Crippen LogP contribution in [0.4, 0.5) is 0 Å². The summed E-state index contributed by atoms with van der Waals surface area (Å²) in [6.07, 6.45) is 6.27. The zero-order chi connectivity index (χ0) is 18.1. The molecule has 1 saturated heterocycles. The second-order valence-corrected chi connectivity index (χ2v) is 8.29. The predicted molar refractivity (Wildman–Crippen MR) is 98.1 cm³/mol. The fraction of sp³-hybridized carbons (Fsp3) is 0.619. The molecule has 2 saturated carbocycles. The van der Waals surface area contributed by atoms with Gasteiger partial charge in [-0.1, -0.05) is 30.3 Å². The minimum atomic E-state index is -0.295. The van der Waals surface area contributed by atoms with E-state index in [1.165, 1.54) is 5.56 Å². The van der Waals surface area contributed by atoms with Gasteiger partial charge in [-0.3, -0.25) is 9.59 Å². The first-order chi connectivity index (χ1) is 12.6. The van der Waals surface area contributed by atoms with Crippen molar-refractivity contribution in [2.24, 2.45) is 5.92 Å². The second kappa shape index (κ2) is 7.03. The Morgan fingerprint density at radius 2 is 1.85 bits per heavy atom. The molecule has 2 aliphatic carbocycles. The van der Waals surface area contributed by atoms with E-state index in [-0.39, 0.29) is 35.4 Å². The van der Waals surface area contributed by atoms with Crippen LogP contribution in [0.15, 0.2) is 30.3 Å². The van der Waals surface area contributed by atoms with Crippen molar-refractivity contribution < 1.29 is 14.7 Å². The maximum Gasteiger partial charge on any atom is 0.223 e. The van der Waals surface area contributed by atoms with Crippen molar-refractivity contribution >= 4 is 11.8 Å². The van der Waals surface area contributed by atoms with Crippen LogP contribution >= 0.6 is 0 Å². The molecule has 1 aromatic rings. The maximum atomic E-state index is 12.5. The van der Waals surface area contributed by atoms with Crippen molar-refractivity contribution in [1.82, 2.24) is 10.2 Å². The SMILES string of the molecule is O=C(NC1CCC2(CCC(=O)N2Cc2ccccc2)CC1)C1CC(O)C1. The minimum absolute atomic E-state index is 0.0106. The Kier molecular flexibility index (Phi) is 4.74. The number of likely N-dealkylation sites (tertiary alicyclic amines) is 1. The molecule has 2 amide bonds. The smallest absolute Gasteiger partial charge is 0.223 e. The fourth-order valence-corrected chi connectivity index (χ4v) is 4.84. The molecule has 0 aromatic heterocycles. The van der Waals surface area contributed by atoms with E-state index in [0.29, 0.717) is 25.8 Å². The van der Waals surface area contributed by atoms with E-state index in [1.807, 2.05) is 18.2 Å². The third-order valence-corrected chi connectivity index (χ3v) is 6.61. The summed E-state index contributed by atoms with van der Waals surface area (Å²) >= 11 is 0. The molecule has 2 N–H and O–H groups in total. The molecule has 0 atom stereocenters. The van der Waals surface area contributed by atoms with Gasteiger partial charge in [0.2, 0.25) is 11.8 Å². The highest BCUT2D eigenvalue weighted by molar-refractivity contribution is 5.80. The molecule has 1 heterocycles. The van der Waals surface area contributed by atoms with Crippen molar-refractivity contribution in [1.29, 1.82) is 0 Å². The van der Waals surface area contributed by atoms with Gasteiger partial charge < -0.3 is 15.3 Å². The largest absolute Gasteiger partial charge is 0.393 e. The lowest BCUT2D eigenvalue weighted by Gasteiger charge is -2.44. The average molecular weight is 356 g/mol. The normalized spacial score (nSPS) is 34.0. The number of amides is 2. The molecule has 3 fully saturated rings. The Morgan fingerprint density at radius 3 is 2.50 bits per heavy atom. The standard InChI is InChI=1S/C21H28N2O3/c24-18-12-16(13-18)20(26)22-17-6-9-21(10-7-17)11-8-19(25)23(21)14-15-4-2-1-3-5-15/h1-5,16-18,24H,6-14H2,(H,22,26). The topological polar surface area (TPSA) is 69.6 Å². The first-order valence-corrected chi connectivity index (χ1v) is 9.89. The van der Waals surface area contributed by atoms with Crippen LogP contribution in [-0.2, 0) is 16.1 Å². The third kappa shape index (κ3) is 3.37. The number of benzene rings is 1. The summed E-state index contributed by atoms with van der Waals surface area (Å²) in [5.41, 5.74) is 1.15. The highest BCUT2D eigenvalue weighted by atomic mass is 16.3. The lowest BCUT2D eigenvalue weighted by molar-refractivity contribution is -0.135. The Labute approximate surface area is 154 Å². The van der Waals surface area contributed by atoms with Crippen LogP contribution in [0.2, 0.25) is 0 Å². The van der Waals surface area contributed by atoms with Crippen molar-refractivity contribution in [3.63, 3.8) is 0 Å². The van der Waals surface area contributed by atoms with Crippen molar-refractivity contribution in [3.8, 4) is 0 Å². The second-order valence-electron chi connectivity index (χ2n) is 8.29. The number of nitrogens with one attached hydrogen (secondary N) is 1. The number of hydrogen-bond acceptors (Lipinski definition) is 3. The molecule has 3 aliphatic rings. The molecule has 0 bridgehead atoms. The third-order valence-electron chi connectivity index (χ3n) is 6.61. The molecule has 26 heavy (non-hydrogen) atoms. The first kappa shape index (κ1) is 17.5. The molecule has 0 unspecified atom stereocenters. The fourth-order valence-electron chi connectivity index (χ4n) is 4.84. The molecule has 140 valence electrons. The molecule has 5 heteroatoms. The van der Waals surface area contributed by atoms with Crippen molar-refractivity contribution in [2.45, 2.75) is 75.6 Å². The number of carbonyl (C=O) groups is 2. The molecule has 5 nitrogen and oxygen atoms in total. The van der Waals surface area contributed by atoms with Gasteiger partial charge in [0.25, 0.3) is 0 Å². The van der Waals surface area contributed by atoms with E-state index in [9.17, 15) is 14.7 Å². The number of carbonyl (C=O) groups excluding carboxylic acids is 2. The molecular weight excluding hydrogens is 328 g/mol. The van der Waals surface area contributed by atoms with Gasteiger partial charge in [-0.15, -0.1) is 0 Å². The van der Waals surface area contributed by atoms with Gasteiger partial charge in [-0.2, -0.15) is 0 Å². The Hall–Kier alpha value is -1.88. The highest BCUT2D eigenvalue weighted by Gasteiger charge is 2.47. The van der Waals surface area contributed by atoms with E-state index in [1.54, 1.807) is 0 Å². The molecular formula is C21H28N2O3. The summed E-state index contributed by atoms with van der Waals surface area (Å²) in [5.74, 6) is 0.350. The van der Waals surface area contributed by atoms with Crippen LogP contribution < -0.4 is 5.32 Å². The van der Waals surface area contributed by atoms with Crippen LogP contribution in [0.3, 0.4) is 0 Å². The van der Waals surface area contributed by atoms with E-state index >= 15 is 0 Å². The van der Waals surface area contributed by atoms with E-state index in [0.717, 1.165) is 32.1 Å². The van der Waals surface area contributed by atoms with Crippen LogP contribution in [0.1, 0.15) is 56.9 Å². The average Bonchev–Trinajstić information content (AvgIpc) is 2.92. The van der Waals surface area contributed by atoms with Crippen LogP contribution in [0.5, 0.6) is 0 Å². The van der Waals surface area contributed by atoms with E-state index in [4.69, 9.17) is 0 Å². The minimum Gasteiger partial charge on any atom is -0.393 e. The van der Waals surface area contributed by atoms with E-state index < -0.39 is 0 Å². The molecule has 1 aromatic carbocycles. The highest BCUT2D eigenvalue weighted by Crippen LogP contribution is 2.43. The van der Waals surface area contributed by atoms with Crippen LogP contribution in [0, 0.1) is 5.92 Å². The predicted octanol–water partition coefficient (Wildman–Crippen LogP) is 2.38. The number of rotatable bonds is 4. The van der Waals surface area contributed by atoms with Crippen molar-refractivity contribution in [3.05, 3.63) is 35.9 Å². The van der Waals surface area contributed by atoms with Gasteiger partial charge in [0.1, 0.15) is 0 Å². The molecule has 1 aliphatic heterocycles. The number of nitrogens with zero attached hydrogens (tertiary/aromatic N) is 1. The zero-order valence-corrected chi connectivity index (χ0v) is 15.2. The zero-order valence-electron chi connectivity index (χ0n) is 15.2. The van der Waals surface area contributed by atoms with Gasteiger partial charge in [-0.25, -0.2) is 0 Å². The molecule has 4 rings (SSSR count). The van der Waals surface area contributed by atoms with Gasteiger partial charge in [0.05, 0.1) is 6.10 Å². The summed E-state index contributed by atoms with van der Waals surface area (Å²) in [6.45, 7) is 0.691. The Bertz CT molecular complexity index is 661. The van der Waals surface area contributed by atoms with Gasteiger partial charge in [0.15, 0.2) is 0 Å². The van der Waals surface area contributed by atoms with Gasteiger partial charge in [0, 0.05) is 30.5 Å². The number of aliphatic hydroxyl groups is 1. The van der Waals surface area contributed by atoms with Gasteiger partial charge >= 0.3 is 0 Å². The summed E-state index contributed by atoms with van der Waals surface area (Å²) < 4.78 is 0. The summed E-state index contributed by atoms with van der Waals surface area (Å²) in [6, 6.07) is 10.4. The lowest BCUT2D eigenvalue weighted by Crippen LogP contribution is -2.52. The monoisotopic (exact) mass is 356 g/mol. The summed E-state index contributed by atoms with van der Waals surface area (Å²) in [5, 5.41) is 12.5.